The van der Waals surface area contributed by atoms with E-state index in [1.54, 1.807) is 25.3 Å². The van der Waals surface area contributed by atoms with Crippen LogP contribution in [0.15, 0.2) is 18.2 Å². The van der Waals surface area contributed by atoms with Crippen LogP contribution >= 0.6 is 0 Å². The number of carbonyl (C=O) groups excluding carboxylic acids is 2. The van der Waals surface area contributed by atoms with E-state index in [1.807, 2.05) is 6.92 Å². The van der Waals surface area contributed by atoms with Crippen LogP contribution in [0.4, 0.5) is 0 Å². The molecule has 1 N–H and O–H groups in total. The topological polar surface area (TPSA) is 73.9 Å². The van der Waals surface area contributed by atoms with Gasteiger partial charge in [0.15, 0.2) is 18.1 Å². The van der Waals surface area contributed by atoms with E-state index in [1.165, 1.54) is 7.11 Å². The summed E-state index contributed by atoms with van der Waals surface area (Å²) in [4.78, 5) is 23.5. The Hall–Kier alpha value is -2.24. The van der Waals surface area contributed by atoms with E-state index in [4.69, 9.17) is 14.2 Å². The van der Waals surface area contributed by atoms with Crippen molar-refractivity contribution in [2.75, 3.05) is 20.8 Å². The number of rotatable bonds is 8. The summed E-state index contributed by atoms with van der Waals surface area (Å²) >= 11 is 0. The number of nitrogens with one attached hydrogen (secondary N) is 1. The number of esters is 1. The van der Waals surface area contributed by atoms with Gasteiger partial charge in [0.2, 0.25) is 0 Å². The van der Waals surface area contributed by atoms with Gasteiger partial charge in [-0.2, -0.15) is 0 Å². The van der Waals surface area contributed by atoms with Crippen molar-refractivity contribution in [1.82, 2.24) is 5.32 Å². The Bertz CT molecular complexity index is 568. The average Bonchev–Trinajstić information content (AvgIpc) is 3.37. The predicted molar refractivity (Wildman–Crippen MR) is 84.5 cm³/mol. The largest absolute Gasteiger partial charge is 0.493 e. The first-order valence-electron chi connectivity index (χ1n) is 7.69. The molecule has 1 aromatic rings. The average molecular weight is 321 g/mol. The number of methoxy groups -OCH3 is 2. The molecular weight excluding hydrogens is 298 g/mol. The Morgan fingerprint density at radius 1 is 1.22 bits per heavy atom. The standard InChI is InChI=1S/C17H23NO5/c1-11(13-5-6-13)18-16(19)10-23-17(20)9-12-4-7-14(21-2)15(8-12)22-3/h4,7-8,11,13H,5-6,9-10H2,1-3H3,(H,18,19)/t11-/m1/s1. The molecule has 1 fully saturated rings. The van der Waals surface area contributed by atoms with E-state index >= 15 is 0 Å². The third-order valence-electron chi connectivity index (χ3n) is 3.88. The Kier molecular flexibility index (Phi) is 5.84. The van der Waals surface area contributed by atoms with Crippen LogP contribution in [0.1, 0.15) is 25.3 Å². The maximum Gasteiger partial charge on any atom is 0.310 e. The van der Waals surface area contributed by atoms with E-state index in [0.717, 1.165) is 18.4 Å². The van der Waals surface area contributed by atoms with E-state index in [-0.39, 0.29) is 25.0 Å². The number of hydrogen-bond donors (Lipinski definition) is 1. The minimum Gasteiger partial charge on any atom is -0.493 e. The van der Waals surface area contributed by atoms with Gasteiger partial charge in [-0.05, 0) is 43.4 Å². The molecule has 1 aliphatic carbocycles. The van der Waals surface area contributed by atoms with Crippen molar-refractivity contribution in [3.63, 3.8) is 0 Å². The second-order valence-corrected chi connectivity index (χ2v) is 5.72. The Labute approximate surface area is 136 Å². The Morgan fingerprint density at radius 2 is 1.91 bits per heavy atom. The first kappa shape index (κ1) is 17.1. The van der Waals surface area contributed by atoms with Crippen LogP contribution in [0.5, 0.6) is 11.5 Å². The number of hydrogen-bond acceptors (Lipinski definition) is 5. The molecule has 0 saturated heterocycles. The van der Waals surface area contributed by atoms with Crippen LogP contribution in [0.2, 0.25) is 0 Å². The monoisotopic (exact) mass is 321 g/mol. The highest BCUT2D eigenvalue weighted by molar-refractivity contribution is 5.81. The number of benzene rings is 1. The molecule has 1 atom stereocenters. The molecule has 23 heavy (non-hydrogen) atoms. The summed E-state index contributed by atoms with van der Waals surface area (Å²) in [5.74, 6) is 1.00. The summed E-state index contributed by atoms with van der Waals surface area (Å²) in [5.41, 5.74) is 0.736. The normalized spacial score (nSPS) is 14.7. The Morgan fingerprint density at radius 3 is 2.52 bits per heavy atom. The van der Waals surface area contributed by atoms with Gasteiger partial charge in [0, 0.05) is 6.04 Å². The minimum absolute atomic E-state index is 0.0752. The first-order chi connectivity index (χ1) is 11.0. The molecule has 0 unspecified atom stereocenters. The lowest BCUT2D eigenvalue weighted by atomic mass is 10.1. The summed E-state index contributed by atoms with van der Waals surface area (Å²) in [6, 6.07) is 5.35. The molecule has 0 spiro atoms. The van der Waals surface area contributed by atoms with E-state index < -0.39 is 5.97 Å². The molecule has 126 valence electrons. The summed E-state index contributed by atoms with van der Waals surface area (Å²) < 4.78 is 15.3. The molecule has 1 amide bonds. The Balaban J connectivity index is 1.78. The molecule has 0 radical (unpaired) electrons. The van der Waals surface area contributed by atoms with Crippen molar-refractivity contribution in [3.8, 4) is 11.5 Å². The maximum absolute atomic E-state index is 11.8. The van der Waals surface area contributed by atoms with Gasteiger partial charge in [0.25, 0.3) is 5.91 Å². The second-order valence-electron chi connectivity index (χ2n) is 5.72. The summed E-state index contributed by atoms with van der Waals surface area (Å²) in [6.07, 6.45) is 2.38. The van der Waals surface area contributed by atoms with Gasteiger partial charge in [-0.15, -0.1) is 0 Å². The van der Waals surface area contributed by atoms with Crippen molar-refractivity contribution >= 4 is 11.9 Å². The highest BCUT2D eigenvalue weighted by Crippen LogP contribution is 2.32. The van der Waals surface area contributed by atoms with Crippen LogP contribution in [0.3, 0.4) is 0 Å². The van der Waals surface area contributed by atoms with Gasteiger partial charge in [-0.1, -0.05) is 6.07 Å². The fourth-order valence-electron chi connectivity index (χ4n) is 2.36. The zero-order valence-electron chi connectivity index (χ0n) is 13.8. The third-order valence-corrected chi connectivity index (χ3v) is 3.88. The molecule has 0 bridgehead atoms. The van der Waals surface area contributed by atoms with Gasteiger partial charge in [-0.25, -0.2) is 0 Å². The number of carbonyl (C=O) groups is 2. The lowest BCUT2D eigenvalue weighted by molar-refractivity contribution is -0.148. The third kappa shape index (κ3) is 5.16. The SMILES string of the molecule is COc1ccc(CC(=O)OCC(=O)N[C@H](C)C2CC2)cc1OC. The van der Waals surface area contributed by atoms with Gasteiger partial charge >= 0.3 is 5.97 Å². The van der Waals surface area contributed by atoms with Crippen LogP contribution in [-0.4, -0.2) is 38.7 Å². The molecule has 2 rings (SSSR count). The van der Waals surface area contributed by atoms with Crippen molar-refractivity contribution in [2.45, 2.75) is 32.2 Å². The minimum atomic E-state index is -0.452. The quantitative estimate of drug-likeness (QED) is 0.738. The molecule has 1 aliphatic rings. The van der Waals surface area contributed by atoms with Gasteiger partial charge in [0.1, 0.15) is 0 Å². The van der Waals surface area contributed by atoms with Gasteiger partial charge in [-0.3, -0.25) is 9.59 Å². The summed E-state index contributed by atoms with van der Waals surface area (Å²) in [6.45, 7) is 1.73. The lowest BCUT2D eigenvalue weighted by Crippen LogP contribution is -2.37. The van der Waals surface area contributed by atoms with Crippen molar-refractivity contribution in [2.24, 2.45) is 5.92 Å². The lowest BCUT2D eigenvalue weighted by Gasteiger charge is -2.13. The zero-order valence-corrected chi connectivity index (χ0v) is 13.8. The van der Waals surface area contributed by atoms with Crippen molar-refractivity contribution in [1.29, 1.82) is 0 Å². The molecule has 6 nitrogen and oxygen atoms in total. The summed E-state index contributed by atoms with van der Waals surface area (Å²) in [5, 5.41) is 2.84. The predicted octanol–water partition coefficient (Wildman–Crippen LogP) is 1.70. The number of ether oxygens (including phenoxy) is 3. The molecule has 1 saturated carbocycles. The summed E-state index contributed by atoms with van der Waals surface area (Å²) in [7, 11) is 3.08. The molecule has 6 heteroatoms. The maximum atomic E-state index is 11.8. The highest BCUT2D eigenvalue weighted by atomic mass is 16.5. The number of amides is 1. The van der Waals surface area contributed by atoms with Crippen LogP contribution < -0.4 is 14.8 Å². The molecule has 1 aromatic carbocycles. The van der Waals surface area contributed by atoms with Gasteiger partial charge < -0.3 is 19.5 Å². The molecule has 0 heterocycles. The van der Waals surface area contributed by atoms with Crippen LogP contribution in [0, 0.1) is 5.92 Å². The van der Waals surface area contributed by atoms with Gasteiger partial charge in [0.05, 0.1) is 20.6 Å². The van der Waals surface area contributed by atoms with Crippen LogP contribution in [-0.2, 0) is 20.7 Å². The molecule has 0 aromatic heterocycles. The zero-order chi connectivity index (χ0) is 16.8. The van der Waals surface area contributed by atoms with Crippen molar-refractivity contribution < 1.29 is 23.8 Å². The van der Waals surface area contributed by atoms with Crippen molar-refractivity contribution in [3.05, 3.63) is 23.8 Å². The smallest absolute Gasteiger partial charge is 0.310 e. The molecule has 0 aliphatic heterocycles. The second kappa shape index (κ2) is 7.85. The van der Waals surface area contributed by atoms with E-state index in [0.29, 0.717) is 17.4 Å². The fraction of sp³-hybridized carbons (Fsp3) is 0.529. The highest BCUT2D eigenvalue weighted by Gasteiger charge is 2.28. The fourth-order valence-corrected chi connectivity index (χ4v) is 2.36. The molecular formula is C17H23NO5. The van der Waals surface area contributed by atoms with Crippen LogP contribution in [0.25, 0.3) is 0 Å². The first-order valence-corrected chi connectivity index (χ1v) is 7.69. The van der Waals surface area contributed by atoms with E-state index in [9.17, 15) is 9.59 Å². The van der Waals surface area contributed by atoms with E-state index in [2.05, 4.69) is 5.32 Å².